The number of benzene rings is 1. The average molecular weight is 351 g/mol. The first-order chi connectivity index (χ1) is 10.1. The minimum Gasteiger partial charge on any atom is -0.365 e. The van der Waals surface area contributed by atoms with Gasteiger partial charge in [-0.15, -0.1) is 0 Å². The summed E-state index contributed by atoms with van der Waals surface area (Å²) in [5.41, 5.74) is 2.72. The molecule has 110 valence electrons. The highest BCUT2D eigenvalue weighted by Gasteiger charge is 2.31. The fraction of sp³-hybridized carbons (Fsp3) is 0.429. The Bertz CT molecular complexity index is 628. The van der Waals surface area contributed by atoms with Crippen LogP contribution in [0.2, 0.25) is 0 Å². The number of hydrogen-bond donors (Lipinski definition) is 2. The van der Waals surface area contributed by atoms with Crippen LogP contribution in [0.4, 0.5) is 11.4 Å². The summed E-state index contributed by atoms with van der Waals surface area (Å²) in [5.74, 6) is -0.0478. The number of rotatable bonds is 2. The largest absolute Gasteiger partial charge is 0.365 e. The molecule has 3 rings (SSSR count). The van der Waals surface area contributed by atoms with Gasteiger partial charge in [0.2, 0.25) is 5.91 Å². The first-order valence-corrected chi connectivity index (χ1v) is 7.51. The Labute approximate surface area is 131 Å². The summed E-state index contributed by atoms with van der Waals surface area (Å²) < 4.78 is 6.28. The number of likely N-dealkylation sites (N-methyl/N-ethyl adjacent to an activating group) is 1. The number of hydrogen-bond acceptors (Lipinski definition) is 5. The van der Waals surface area contributed by atoms with Crippen LogP contribution in [0, 0.1) is 11.3 Å². The van der Waals surface area contributed by atoms with Crippen LogP contribution in [0.5, 0.6) is 0 Å². The molecule has 7 heteroatoms. The zero-order valence-corrected chi connectivity index (χ0v) is 13.1. The predicted molar refractivity (Wildman–Crippen MR) is 82.1 cm³/mol. The number of morpholine rings is 1. The molecule has 1 aromatic rings. The molecule has 2 heterocycles. The van der Waals surface area contributed by atoms with Gasteiger partial charge in [-0.05, 0) is 35.1 Å². The summed E-state index contributed by atoms with van der Waals surface area (Å²) in [6.45, 7) is 1.77. The third-order valence-corrected chi connectivity index (χ3v) is 4.43. The molecule has 2 N–H and O–H groups in total. The second-order valence-electron chi connectivity index (χ2n) is 5.04. The van der Waals surface area contributed by atoms with E-state index in [1.54, 1.807) is 7.05 Å². The monoisotopic (exact) mass is 350 g/mol. The Hall–Kier alpha value is -1.62. The van der Waals surface area contributed by atoms with E-state index < -0.39 is 6.10 Å². The normalized spacial score (nSPS) is 24.4. The number of carbonyl (C=O) groups excluding carboxylic acids is 1. The van der Waals surface area contributed by atoms with Gasteiger partial charge in [0.1, 0.15) is 6.04 Å². The van der Waals surface area contributed by atoms with E-state index in [-0.39, 0.29) is 11.9 Å². The molecular formula is C14H15BrN4O2. The van der Waals surface area contributed by atoms with Crippen molar-refractivity contribution in [2.75, 3.05) is 37.0 Å². The van der Waals surface area contributed by atoms with Gasteiger partial charge in [-0.25, -0.2) is 0 Å². The van der Waals surface area contributed by atoms with E-state index in [9.17, 15) is 4.79 Å². The van der Waals surface area contributed by atoms with Crippen molar-refractivity contribution in [3.8, 4) is 6.07 Å². The third-order valence-electron chi connectivity index (χ3n) is 3.79. The van der Waals surface area contributed by atoms with Crippen LogP contribution in [-0.4, -0.2) is 38.8 Å². The number of ether oxygens (including phenoxy) is 1. The summed E-state index contributed by atoms with van der Waals surface area (Å²) in [6, 6.07) is 5.73. The minimum atomic E-state index is -0.418. The van der Waals surface area contributed by atoms with Crippen LogP contribution >= 0.6 is 15.9 Å². The molecule has 0 aromatic heterocycles. The van der Waals surface area contributed by atoms with Gasteiger partial charge in [-0.2, -0.15) is 5.26 Å². The van der Waals surface area contributed by atoms with Gasteiger partial charge in [0.15, 0.2) is 6.10 Å². The van der Waals surface area contributed by atoms with Crippen molar-refractivity contribution in [2.45, 2.75) is 12.1 Å². The van der Waals surface area contributed by atoms with Crippen LogP contribution in [-0.2, 0) is 9.53 Å². The van der Waals surface area contributed by atoms with Gasteiger partial charge in [0.25, 0.3) is 0 Å². The summed E-state index contributed by atoms with van der Waals surface area (Å²) in [7, 11) is 1.76. The molecule has 0 bridgehead atoms. The van der Waals surface area contributed by atoms with Gasteiger partial charge in [-0.3, -0.25) is 4.79 Å². The SMILES string of the molecule is CNC1C(=O)Nc2cc(N3CCOC(C#N)C3)c(Br)cc21. The van der Waals surface area contributed by atoms with E-state index >= 15 is 0 Å². The smallest absolute Gasteiger partial charge is 0.246 e. The van der Waals surface area contributed by atoms with E-state index in [2.05, 4.69) is 37.5 Å². The second-order valence-corrected chi connectivity index (χ2v) is 5.89. The number of halogens is 1. The number of carbonyl (C=O) groups is 1. The number of nitriles is 1. The van der Waals surface area contributed by atoms with Gasteiger partial charge >= 0.3 is 0 Å². The molecule has 0 saturated carbocycles. The van der Waals surface area contributed by atoms with Gasteiger partial charge in [0, 0.05) is 22.3 Å². The lowest BCUT2D eigenvalue weighted by Gasteiger charge is -2.32. The van der Waals surface area contributed by atoms with Crippen LogP contribution < -0.4 is 15.5 Å². The van der Waals surface area contributed by atoms with Crippen molar-refractivity contribution in [1.82, 2.24) is 5.32 Å². The fourth-order valence-electron chi connectivity index (χ4n) is 2.75. The minimum absolute atomic E-state index is 0.0478. The Balaban J connectivity index is 1.94. The van der Waals surface area contributed by atoms with Crippen molar-refractivity contribution in [3.05, 3.63) is 22.2 Å². The number of anilines is 2. The summed E-state index contributed by atoms with van der Waals surface area (Å²) >= 11 is 3.57. The summed E-state index contributed by atoms with van der Waals surface area (Å²) in [6.07, 6.45) is -0.418. The van der Waals surface area contributed by atoms with E-state index in [0.29, 0.717) is 13.2 Å². The molecule has 6 nitrogen and oxygen atoms in total. The zero-order valence-electron chi connectivity index (χ0n) is 11.5. The maximum absolute atomic E-state index is 11.9. The molecule has 1 saturated heterocycles. The zero-order chi connectivity index (χ0) is 15.0. The number of nitrogens with one attached hydrogen (secondary N) is 2. The highest BCUT2D eigenvalue weighted by Crippen LogP contribution is 2.39. The molecule has 0 spiro atoms. The lowest BCUT2D eigenvalue weighted by atomic mass is 10.1. The van der Waals surface area contributed by atoms with E-state index in [1.807, 2.05) is 12.1 Å². The topological polar surface area (TPSA) is 77.4 Å². The molecule has 2 aliphatic heterocycles. The molecule has 0 aliphatic carbocycles. The number of fused-ring (bicyclic) bond motifs is 1. The average Bonchev–Trinajstić information content (AvgIpc) is 2.80. The van der Waals surface area contributed by atoms with Crippen molar-refractivity contribution < 1.29 is 9.53 Å². The molecule has 2 atom stereocenters. The quantitative estimate of drug-likeness (QED) is 0.842. The molecule has 21 heavy (non-hydrogen) atoms. The van der Waals surface area contributed by atoms with Crippen molar-refractivity contribution >= 4 is 33.2 Å². The van der Waals surface area contributed by atoms with Crippen molar-refractivity contribution in [1.29, 1.82) is 5.26 Å². The Morgan fingerprint density at radius 2 is 2.38 bits per heavy atom. The lowest BCUT2D eigenvalue weighted by molar-refractivity contribution is -0.117. The second kappa shape index (κ2) is 5.64. The van der Waals surface area contributed by atoms with Crippen molar-refractivity contribution in [2.24, 2.45) is 0 Å². The van der Waals surface area contributed by atoms with Gasteiger partial charge in [-0.1, -0.05) is 0 Å². The van der Waals surface area contributed by atoms with Crippen molar-refractivity contribution in [3.63, 3.8) is 0 Å². The molecule has 2 aliphatic rings. The Morgan fingerprint density at radius 1 is 1.57 bits per heavy atom. The molecule has 2 unspecified atom stereocenters. The van der Waals surface area contributed by atoms with Crippen LogP contribution in [0.15, 0.2) is 16.6 Å². The Morgan fingerprint density at radius 3 is 3.10 bits per heavy atom. The maximum Gasteiger partial charge on any atom is 0.246 e. The van der Waals surface area contributed by atoms with E-state index in [0.717, 1.165) is 28.0 Å². The molecule has 1 amide bonds. The summed E-state index contributed by atoms with van der Waals surface area (Å²) in [4.78, 5) is 14.0. The predicted octanol–water partition coefficient (Wildman–Crippen LogP) is 1.39. The lowest BCUT2D eigenvalue weighted by Crippen LogP contribution is -2.42. The number of amides is 1. The molecule has 1 fully saturated rings. The first-order valence-electron chi connectivity index (χ1n) is 6.71. The summed E-state index contributed by atoms with van der Waals surface area (Å²) in [5, 5.41) is 14.9. The van der Waals surface area contributed by atoms with E-state index in [1.165, 1.54) is 0 Å². The maximum atomic E-state index is 11.9. The van der Waals surface area contributed by atoms with Crippen LogP contribution in [0.3, 0.4) is 0 Å². The highest BCUT2D eigenvalue weighted by atomic mass is 79.9. The molecular weight excluding hydrogens is 336 g/mol. The molecule has 0 radical (unpaired) electrons. The standard InChI is InChI=1S/C14H15BrN4O2/c1-17-13-9-4-10(15)12(5-11(9)18-14(13)20)19-2-3-21-8(6-16)7-19/h4-5,8,13,17H,2-3,7H2,1H3,(H,18,20). The van der Waals surface area contributed by atoms with Crippen LogP contribution in [0.25, 0.3) is 0 Å². The van der Waals surface area contributed by atoms with Crippen LogP contribution in [0.1, 0.15) is 11.6 Å². The van der Waals surface area contributed by atoms with E-state index in [4.69, 9.17) is 10.00 Å². The molecule has 1 aromatic carbocycles. The van der Waals surface area contributed by atoms with Gasteiger partial charge < -0.3 is 20.3 Å². The highest BCUT2D eigenvalue weighted by molar-refractivity contribution is 9.10. The van der Waals surface area contributed by atoms with Gasteiger partial charge in [0.05, 0.1) is 24.9 Å². The third kappa shape index (κ3) is 2.50. The Kier molecular flexibility index (Phi) is 3.85. The first kappa shape index (κ1) is 14.3. The fourth-order valence-corrected chi connectivity index (χ4v) is 3.36. The number of nitrogens with zero attached hydrogens (tertiary/aromatic N) is 2.